The highest BCUT2D eigenvalue weighted by Crippen LogP contribution is 2.20. The van der Waals surface area contributed by atoms with E-state index in [2.05, 4.69) is 39.2 Å². The Hall–Kier alpha value is -1.69. The van der Waals surface area contributed by atoms with Crippen LogP contribution in [0.3, 0.4) is 0 Å². The first-order valence-corrected chi connectivity index (χ1v) is 9.21. The Morgan fingerprint density at radius 2 is 1.88 bits per heavy atom. The minimum absolute atomic E-state index is 0.131. The zero-order chi connectivity index (χ0) is 16.9. The fourth-order valence-electron chi connectivity index (χ4n) is 3.95. The van der Waals surface area contributed by atoms with Gasteiger partial charge >= 0.3 is 0 Å². The third-order valence-corrected chi connectivity index (χ3v) is 4.97. The van der Waals surface area contributed by atoms with Crippen LogP contribution in [-0.2, 0) is 0 Å². The molecule has 0 aromatic carbocycles. The molecule has 6 nitrogen and oxygen atoms in total. The number of piperidine rings is 1. The number of anilines is 1. The normalized spacial score (nSPS) is 25.0. The van der Waals surface area contributed by atoms with Crippen LogP contribution < -0.4 is 10.2 Å². The predicted octanol–water partition coefficient (Wildman–Crippen LogP) is 1.78. The molecule has 0 bridgehead atoms. The third-order valence-electron chi connectivity index (χ3n) is 4.97. The van der Waals surface area contributed by atoms with Crippen molar-refractivity contribution in [1.82, 2.24) is 20.4 Å². The summed E-state index contributed by atoms with van der Waals surface area (Å²) >= 11 is 0. The van der Waals surface area contributed by atoms with Crippen LogP contribution in [0.15, 0.2) is 12.1 Å². The lowest BCUT2D eigenvalue weighted by Gasteiger charge is -2.34. The molecule has 0 saturated carbocycles. The Labute approximate surface area is 144 Å². The van der Waals surface area contributed by atoms with Gasteiger partial charge in [0.05, 0.1) is 0 Å². The van der Waals surface area contributed by atoms with Crippen molar-refractivity contribution in [3.05, 3.63) is 17.8 Å². The van der Waals surface area contributed by atoms with Crippen molar-refractivity contribution >= 4 is 11.7 Å². The predicted molar refractivity (Wildman–Crippen MR) is 95.2 cm³/mol. The van der Waals surface area contributed by atoms with E-state index in [9.17, 15) is 4.79 Å². The number of likely N-dealkylation sites (tertiary alicyclic amines) is 1. The molecule has 2 aliphatic rings. The molecule has 132 valence electrons. The van der Waals surface area contributed by atoms with Crippen LogP contribution in [0, 0.1) is 11.8 Å². The Morgan fingerprint density at radius 3 is 2.50 bits per heavy atom. The van der Waals surface area contributed by atoms with Crippen LogP contribution >= 0.6 is 0 Å². The van der Waals surface area contributed by atoms with E-state index < -0.39 is 0 Å². The number of nitrogens with one attached hydrogen (secondary N) is 1. The van der Waals surface area contributed by atoms with Gasteiger partial charge in [-0.1, -0.05) is 13.8 Å². The summed E-state index contributed by atoms with van der Waals surface area (Å²) in [6.45, 7) is 10.5. The highest BCUT2D eigenvalue weighted by Gasteiger charge is 2.21. The summed E-state index contributed by atoms with van der Waals surface area (Å²) in [7, 11) is 0. The molecular formula is C18H29N5O. The first kappa shape index (κ1) is 17.1. The van der Waals surface area contributed by atoms with Gasteiger partial charge in [-0.3, -0.25) is 4.79 Å². The van der Waals surface area contributed by atoms with E-state index >= 15 is 0 Å². The van der Waals surface area contributed by atoms with Crippen LogP contribution in [0.1, 0.15) is 43.6 Å². The molecule has 0 spiro atoms. The lowest BCUT2D eigenvalue weighted by molar-refractivity contribution is 0.0931. The van der Waals surface area contributed by atoms with Gasteiger partial charge in [0.25, 0.3) is 5.91 Å². The standard InChI is InChI=1S/C18H29N5O/c1-14-11-15(2)13-22(12-14)10-7-19-18(24)16-5-6-17(21-20-16)23-8-3-4-9-23/h5-6,14-15H,3-4,7-13H2,1-2H3,(H,19,24)/t14-,15+. The summed E-state index contributed by atoms with van der Waals surface area (Å²) in [5.41, 5.74) is 0.401. The van der Waals surface area contributed by atoms with Crippen LogP contribution in [0.2, 0.25) is 0 Å². The van der Waals surface area contributed by atoms with Crippen LogP contribution in [0.5, 0.6) is 0 Å². The number of hydrogen-bond acceptors (Lipinski definition) is 5. The molecule has 1 aromatic heterocycles. The maximum Gasteiger partial charge on any atom is 0.271 e. The fourth-order valence-corrected chi connectivity index (χ4v) is 3.95. The van der Waals surface area contributed by atoms with Gasteiger partial charge in [-0.25, -0.2) is 0 Å². The fraction of sp³-hybridized carbons (Fsp3) is 0.722. The molecule has 0 aliphatic carbocycles. The van der Waals surface area contributed by atoms with Gasteiger partial charge in [0, 0.05) is 39.3 Å². The van der Waals surface area contributed by atoms with Crippen LogP contribution in [0.4, 0.5) is 5.82 Å². The van der Waals surface area contributed by atoms with Crippen molar-refractivity contribution in [2.75, 3.05) is 44.2 Å². The van der Waals surface area contributed by atoms with Gasteiger partial charge in [-0.15, -0.1) is 10.2 Å². The number of nitrogens with zero attached hydrogens (tertiary/aromatic N) is 4. The minimum Gasteiger partial charge on any atom is -0.355 e. The molecular weight excluding hydrogens is 302 g/mol. The Bertz CT molecular complexity index is 531. The van der Waals surface area contributed by atoms with Crippen molar-refractivity contribution < 1.29 is 4.79 Å². The highest BCUT2D eigenvalue weighted by molar-refractivity contribution is 5.92. The van der Waals surface area contributed by atoms with Crippen molar-refractivity contribution in [3.8, 4) is 0 Å². The maximum atomic E-state index is 12.2. The number of hydrogen-bond donors (Lipinski definition) is 1. The number of amides is 1. The molecule has 2 aliphatic heterocycles. The smallest absolute Gasteiger partial charge is 0.271 e. The lowest BCUT2D eigenvalue weighted by Crippen LogP contribution is -2.43. The summed E-state index contributed by atoms with van der Waals surface area (Å²) in [6.07, 6.45) is 3.72. The van der Waals surface area contributed by atoms with Gasteiger partial charge in [0.15, 0.2) is 11.5 Å². The van der Waals surface area contributed by atoms with Gasteiger partial charge < -0.3 is 15.1 Å². The lowest BCUT2D eigenvalue weighted by atomic mass is 9.92. The molecule has 3 heterocycles. The number of rotatable bonds is 5. The Balaban J connectivity index is 1.44. The minimum atomic E-state index is -0.131. The quantitative estimate of drug-likeness (QED) is 0.891. The Kier molecular flexibility index (Phi) is 5.66. The molecule has 1 N–H and O–H groups in total. The van der Waals surface area contributed by atoms with Crippen LogP contribution in [0.25, 0.3) is 0 Å². The number of carbonyl (C=O) groups is 1. The molecule has 1 amide bonds. The topological polar surface area (TPSA) is 61.4 Å². The first-order chi connectivity index (χ1) is 11.6. The largest absolute Gasteiger partial charge is 0.355 e. The van der Waals surface area contributed by atoms with Gasteiger partial charge in [-0.2, -0.15) is 0 Å². The van der Waals surface area contributed by atoms with E-state index in [0.29, 0.717) is 12.2 Å². The summed E-state index contributed by atoms with van der Waals surface area (Å²) in [6, 6.07) is 3.68. The maximum absolute atomic E-state index is 12.2. The SMILES string of the molecule is C[C@@H]1C[C@H](C)CN(CCNC(=O)c2ccc(N3CCCC3)nn2)C1. The highest BCUT2D eigenvalue weighted by atomic mass is 16.1. The first-order valence-electron chi connectivity index (χ1n) is 9.21. The van der Waals surface area contributed by atoms with E-state index in [1.165, 1.54) is 19.3 Å². The molecule has 0 radical (unpaired) electrons. The molecule has 1 aromatic rings. The van der Waals surface area contributed by atoms with Gasteiger partial charge in [-0.05, 0) is 43.2 Å². The van der Waals surface area contributed by atoms with Crippen molar-refractivity contribution in [2.24, 2.45) is 11.8 Å². The zero-order valence-corrected chi connectivity index (χ0v) is 14.9. The second-order valence-corrected chi connectivity index (χ2v) is 7.43. The van der Waals surface area contributed by atoms with E-state index in [-0.39, 0.29) is 5.91 Å². The average Bonchev–Trinajstić information content (AvgIpc) is 3.08. The van der Waals surface area contributed by atoms with Crippen molar-refractivity contribution in [2.45, 2.75) is 33.1 Å². The average molecular weight is 331 g/mol. The van der Waals surface area contributed by atoms with Crippen molar-refractivity contribution in [1.29, 1.82) is 0 Å². The van der Waals surface area contributed by atoms with E-state index in [1.54, 1.807) is 6.07 Å². The van der Waals surface area contributed by atoms with E-state index in [1.807, 2.05) is 6.07 Å². The van der Waals surface area contributed by atoms with Gasteiger partial charge in [0.1, 0.15) is 0 Å². The van der Waals surface area contributed by atoms with E-state index in [4.69, 9.17) is 0 Å². The molecule has 2 fully saturated rings. The summed E-state index contributed by atoms with van der Waals surface area (Å²) in [5, 5.41) is 11.3. The second-order valence-electron chi connectivity index (χ2n) is 7.43. The second kappa shape index (κ2) is 7.92. The van der Waals surface area contributed by atoms with Crippen molar-refractivity contribution in [3.63, 3.8) is 0 Å². The monoisotopic (exact) mass is 331 g/mol. The summed E-state index contributed by atoms with van der Waals surface area (Å²) in [4.78, 5) is 16.9. The van der Waals surface area contributed by atoms with E-state index in [0.717, 1.165) is 50.4 Å². The molecule has 24 heavy (non-hydrogen) atoms. The molecule has 2 atom stereocenters. The molecule has 2 saturated heterocycles. The summed E-state index contributed by atoms with van der Waals surface area (Å²) in [5.74, 6) is 2.23. The Morgan fingerprint density at radius 1 is 1.17 bits per heavy atom. The molecule has 0 unspecified atom stereocenters. The zero-order valence-electron chi connectivity index (χ0n) is 14.9. The summed E-state index contributed by atoms with van der Waals surface area (Å²) < 4.78 is 0. The number of carbonyl (C=O) groups excluding carboxylic acids is 1. The molecule has 6 heteroatoms. The van der Waals surface area contributed by atoms with Crippen LogP contribution in [-0.4, -0.2) is 60.3 Å². The third kappa shape index (κ3) is 4.44. The number of aromatic nitrogens is 2. The van der Waals surface area contributed by atoms with Gasteiger partial charge in [0.2, 0.25) is 0 Å². The molecule has 3 rings (SSSR count).